The quantitative estimate of drug-likeness (QED) is 0.432. The van der Waals surface area contributed by atoms with E-state index in [4.69, 9.17) is 10.3 Å². The van der Waals surface area contributed by atoms with Gasteiger partial charge in [0.1, 0.15) is 0 Å². The zero-order valence-corrected chi connectivity index (χ0v) is 8.79. The maximum absolute atomic E-state index is 8.26. The van der Waals surface area contributed by atoms with Crippen LogP contribution in [0.4, 0.5) is 0 Å². The van der Waals surface area contributed by atoms with Crippen molar-refractivity contribution in [3.63, 3.8) is 0 Å². The van der Waals surface area contributed by atoms with Crippen molar-refractivity contribution in [2.75, 3.05) is 32.8 Å². The second kappa shape index (κ2) is 4.84. The number of nitrogens with one attached hydrogen (secondary N) is 1. The zero-order chi connectivity index (χ0) is 9.15. The van der Waals surface area contributed by atoms with Crippen molar-refractivity contribution in [1.82, 2.24) is 5.32 Å². The first-order valence-electron chi connectivity index (χ1n) is 4.67. The standard InChI is InChI=1S/C8H14N4O.ClH/c9-12-11-4-7-3-10-5-8(7)1-2-13-6-8;/h7,10H,1-6H2;1H. The molecule has 0 aromatic heterocycles. The van der Waals surface area contributed by atoms with Gasteiger partial charge in [-0.3, -0.25) is 0 Å². The number of halogens is 1. The van der Waals surface area contributed by atoms with Crippen LogP contribution in [0.3, 0.4) is 0 Å². The van der Waals surface area contributed by atoms with Gasteiger partial charge in [-0.1, -0.05) is 5.11 Å². The first-order valence-corrected chi connectivity index (χ1v) is 4.67. The molecule has 1 spiro atoms. The lowest BCUT2D eigenvalue weighted by Crippen LogP contribution is -2.32. The highest BCUT2D eigenvalue weighted by atomic mass is 35.5. The molecule has 2 unspecified atom stereocenters. The summed E-state index contributed by atoms with van der Waals surface area (Å²) < 4.78 is 5.42. The molecule has 0 aliphatic carbocycles. The second-order valence-corrected chi connectivity index (χ2v) is 3.91. The van der Waals surface area contributed by atoms with Crippen LogP contribution in [0.1, 0.15) is 6.42 Å². The molecular weight excluding hydrogens is 204 g/mol. The van der Waals surface area contributed by atoms with Gasteiger partial charge in [0.15, 0.2) is 0 Å². The number of azide groups is 1. The van der Waals surface area contributed by atoms with Gasteiger partial charge >= 0.3 is 0 Å². The van der Waals surface area contributed by atoms with E-state index in [1.807, 2.05) is 0 Å². The van der Waals surface area contributed by atoms with Gasteiger partial charge in [-0.05, 0) is 24.4 Å². The van der Waals surface area contributed by atoms with Gasteiger partial charge in [-0.25, -0.2) is 0 Å². The maximum Gasteiger partial charge on any atom is 0.0538 e. The van der Waals surface area contributed by atoms with E-state index in [9.17, 15) is 0 Å². The highest BCUT2D eigenvalue weighted by Gasteiger charge is 2.45. The molecule has 2 rings (SSSR count). The summed E-state index contributed by atoms with van der Waals surface area (Å²) in [6, 6.07) is 0. The van der Waals surface area contributed by atoms with Crippen LogP contribution < -0.4 is 5.32 Å². The fourth-order valence-corrected chi connectivity index (χ4v) is 2.33. The molecule has 6 heteroatoms. The maximum atomic E-state index is 8.26. The summed E-state index contributed by atoms with van der Waals surface area (Å²) in [4.78, 5) is 2.81. The molecule has 0 bridgehead atoms. The van der Waals surface area contributed by atoms with Gasteiger partial charge in [0.05, 0.1) is 6.61 Å². The molecule has 1 N–H and O–H groups in total. The minimum atomic E-state index is 0. The van der Waals surface area contributed by atoms with E-state index in [1.165, 1.54) is 0 Å². The molecule has 0 aromatic carbocycles. The summed E-state index contributed by atoms with van der Waals surface area (Å²) >= 11 is 0. The minimum Gasteiger partial charge on any atom is -0.381 e. The molecule has 5 nitrogen and oxygen atoms in total. The molecule has 2 heterocycles. The van der Waals surface area contributed by atoms with Crippen molar-refractivity contribution in [3.8, 4) is 0 Å². The SMILES string of the molecule is Cl.[N-]=[N+]=NCC1CNCC12CCOC2. The van der Waals surface area contributed by atoms with Crippen LogP contribution in [-0.2, 0) is 4.74 Å². The third-order valence-electron chi connectivity index (χ3n) is 3.23. The Hall–Kier alpha value is -0.480. The fourth-order valence-electron chi connectivity index (χ4n) is 2.33. The highest BCUT2D eigenvalue weighted by molar-refractivity contribution is 5.85. The molecule has 2 aliphatic rings. The van der Waals surface area contributed by atoms with E-state index < -0.39 is 0 Å². The van der Waals surface area contributed by atoms with Gasteiger partial charge in [0.25, 0.3) is 0 Å². The predicted molar refractivity (Wildman–Crippen MR) is 55.5 cm³/mol. The largest absolute Gasteiger partial charge is 0.381 e. The van der Waals surface area contributed by atoms with Gasteiger partial charge in [-0.15, -0.1) is 12.4 Å². The topological polar surface area (TPSA) is 70.0 Å². The predicted octanol–water partition coefficient (Wildman–Crippen LogP) is 1.34. The summed E-state index contributed by atoms with van der Waals surface area (Å²) in [6.07, 6.45) is 1.10. The molecule has 0 aromatic rings. The fraction of sp³-hybridized carbons (Fsp3) is 1.00. The van der Waals surface area contributed by atoms with Crippen LogP contribution in [0.2, 0.25) is 0 Å². The Morgan fingerprint density at radius 3 is 3.14 bits per heavy atom. The summed E-state index contributed by atoms with van der Waals surface area (Å²) in [5, 5.41) is 7.01. The van der Waals surface area contributed by atoms with Gasteiger partial charge < -0.3 is 10.1 Å². The monoisotopic (exact) mass is 218 g/mol. The minimum absolute atomic E-state index is 0. The number of hydrogen-bond acceptors (Lipinski definition) is 3. The van der Waals surface area contributed by atoms with Crippen LogP contribution in [-0.4, -0.2) is 32.8 Å². The first kappa shape index (κ1) is 11.6. The molecular formula is C8H15ClN4O. The van der Waals surface area contributed by atoms with E-state index in [2.05, 4.69) is 15.3 Å². The molecule has 0 saturated carbocycles. The van der Waals surface area contributed by atoms with E-state index in [1.54, 1.807) is 0 Å². The Morgan fingerprint density at radius 1 is 1.64 bits per heavy atom. The van der Waals surface area contributed by atoms with Crippen LogP contribution >= 0.6 is 12.4 Å². The first-order chi connectivity index (χ1) is 6.37. The Labute approximate surface area is 89.2 Å². The van der Waals surface area contributed by atoms with E-state index >= 15 is 0 Å². The molecule has 2 aliphatic heterocycles. The second-order valence-electron chi connectivity index (χ2n) is 3.91. The average Bonchev–Trinajstić information content (AvgIpc) is 2.75. The van der Waals surface area contributed by atoms with E-state index in [0.717, 1.165) is 32.7 Å². The lowest BCUT2D eigenvalue weighted by Gasteiger charge is -2.26. The van der Waals surface area contributed by atoms with Crippen LogP contribution in [0.5, 0.6) is 0 Å². The van der Waals surface area contributed by atoms with Crippen molar-refractivity contribution in [2.24, 2.45) is 16.4 Å². The van der Waals surface area contributed by atoms with Crippen molar-refractivity contribution in [2.45, 2.75) is 6.42 Å². The van der Waals surface area contributed by atoms with Crippen molar-refractivity contribution < 1.29 is 4.74 Å². The Kier molecular flexibility index (Phi) is 4.01. The molecule has 0 radical (unpaired) electrons. The van der Waals surface area contributed by atoms with Gasteiger partial charge in [-0.2, -0.15) is 0 Å². The average molecular weight is 219 g/mol. The normalized spacial score (nSPS) is 35.3. The number of hydrogen-bond donors (Lipinski definition) is 1. The van der Waals surface area contributed by atoms with E-state index in [-0.39, 0.29) is 17.8 Å². The van der Waals surface area contributed by atoms with Crippen molar-refractivity contribution in [3.05, 3.63) is 10.4 Å². The Morgan fingerprint density at radius 2 is 2.50 bits per heavy atom. The molecule has 2 fully saturated rings. The van der Waals surface area contributed by atoms with Crippen molar-refractivity contribution >= 4 is 12.4 Å². The van der Waals surface area contributed by atoms with Crippen LogP contribution in [0.15, 0.2) is 5.11 Å². The number of rotatable bonds is 2. The molecule has 80 valence electrons. The smallest absolute Gasteiger partial charge is 0.0538 e. The third-order valence-corrected chi connectivity index (χ3v) is 3.23. The number of nitrogens with zero attached hydrogens (tertiary/aromatic N) is 3. The van der Waals surface area contributed by atoms with Crippen LogP contribution in [0, 0.1) is 11.3 Å². The zero-order valence-electron chi connectivity index (χ0n) is 7.98. The molecule has 2 atom stereocenters. The summed E-state index contributed by atoms with van der Waals surface area (Å²) in [7, 11) is 0. The van der Waals surface area contributed by atoms with Gasteiger partial charge in [0.2, 0.25) is 0 Å². The summed E-state index contributed by atoms with van der Waals surface area (Å²) in [5.74, 6) is 0.464. The number of ether oxygens (including phenoxy) is 1. The molecule has 2 saturated heterocycles. The molecule has 14 heavy (non-hydrogen) atoms. The summed E-state index contributed by atoms with van der Waals surface area (Å²) in [6.45, 7) is 4.26. The molecule has 0 amide bonds. The lowest BCUT2D eigenvalue weighted by molar-refractivity contribution is 0.137. The van der Waals surface area contributed by atoms with Crippen molar-refractivity contribution in [1.29, 1.82) is 0 Å². The highest BCUT2D eigenvalue weighted by Crippen LogP contribution is 2.39. The third kappa shape index (κ3) is 1.96. The Bertz CT molecular complexity index is 230. The Balaban J connectivity index is 0.000000980. The lowest BCUT2D eigenvalue weighted by atomic mass is 9.77. The summed E-state index contributed by atoms with van der Waals surface area (Å²) in [5.41, 5.74) is 8.52. The van der Waals surface area contributed by atoms with Crippen LogP contribution in [0.25, 0.3) is 10.4 Å². The van der Waals surface area contributed by atoms with Gasteiger partial charge in [0, 0.05) is 30.0 Å². The van der Waals surface area contributed by atoms with E-state index in [0.29, 0.717) is 12.5 Å².